The molecule has 2 aliphatic heterocycles. The van der Waals surface area contributed by atoms with E-state index in [2.05, 4.69) is 11.8 Å². The second-order valence-corrected chi connectivity index (χ2v) is 8.31. The number of likely N-dealkylation sites (tertiary alicyclic amines) is 1. The highest BCUT2D eigenvalue weighted by Crippen LogP contribution is 2.35. The number of benzene rings is 3. The number of fused-ring (bicyclic) bond motifs is 1. The van der Waals surface area contributed by atoms with Gasteiger partial charge in [0.15, 0.2) is 0 Å². The van der Waals surface area contributed by atoms with Gasteiger partial charge < -0.3 is 19.7 Å². The standard InChI is InChI=1S/C12H17NO.C10H12O2.C6H6O/c1-2-6-12(7-3-1)14-11-10-13-8-4-5-9-13;1-7-4-5-12-10-3-2-8(11)6-9(7)10;7-6-4-2-1-3-5-6/h1-3,6-7H,4-5,8-11H2;2-3,6-7,11H,4-5H2,1H3;1-5,7H/t;7-;/m.0./s1. The lowest BCUT2D eigenvalue weighted by atomic mass is 9.95. The first-order chi connectivity index (χ1) is 16.1. The number of rotatable bonds is 4. The van der Waals surface area contributed by atoms with Crippen LogP contribution in [0, 0.1) is 0 Å². The quantitative estimate of drug-likeness (QED) is 0.525. The largest absolute Gasteiger partial charge is 0.508 e. The molecular formula is C28H35NO4. The van der Waals surface area contributed by atoms with E-state index in [4.69, 9.17) is 14.6 Å². The Morgan fingerprint density at radius 1 is 0.879 bits per heavy atom. The maximum atomic E-state index is 9.25. The molecule has 0 radical (unpaired) electrons. The van der Waals surface area contributed by atoms with E-state index < -0.39 is 0 Å². The minimum absolute atomic E-state index is 0.322. The van der Waals surface area contributed by atoms with Crippen molar-refractivity contribution in [2.24, 2.45) is 0 Å². The second kappa shape index (κ2) is 13.4. The molecule has 0 aliphatic carbocycles. The van der Waals surface area contributed by atoms with Crippen molar-refractivity contribution in [3.05, 3.63) is 84.4 Å². The molecule has 3 aromatic carbocycles. The van der Waals surface area contributed by atoms with E-state index in [0.29, 0.717) is 17.4 Å². The lowest BCUT2D eigenvalue weighted by Crippen LogP contribution is -2.25. The number of aromatic hydroxyl groups is 2. The zero-order valence-electron chi connectivity index (χ0n) is 19.4. The molecular weight excluding hydrogens is 414 g/mol. The van der Waals surface area contributed by atoms with Gasteiger partial charge in [0.2, 0.25) is 0 Å². The van der Waals surface area contributed by atoms with Crippen LogP contribution in [0.5, 0.6) is 23.0 Å². The van der Waals surface area contributed by atoms with Gasteiger partial charge in [0.05, 0.1) is 6.61 Å². The van der Waals surface area contributed by atoms with Gasteiger partial charge >= 0.3 is 0 Å². The summed E-state index contributed by atoms with van der Waals surface area (Å²) in [5, 5.41) is 17.9. The molecule has 5 nitrogen and oxygen atoms in total. The summed E-state index contributed by atoms with van der Waals surface area (Å²) in [6.45, 7) is 7.31. The number of phenols is 2. The van der Waals surface area contributed by atoms with Crippen molar-refractivity contribution in [2.45, 2.75) is 32.1 Å². The molecule has 0 saturated carbocycles. The molecule has 5 heteroatoms. The average Bonchev–Trinajstić information content (AvgIpc) is 3.35. The Labute approximate surface area is 197 Å². The third-order valence-corrected chi connectivity index (χ3v) is 5.71. The summed E-state index contributed by atoms with van der Waals surface area (Å²) in [4.78, 5) is 2.46. The van der Waals surface area contributed by atoms with E-state index in [1.165, 1.54) is 25.9 Å². The molecule has 1 saturated heterocycles. The van der Waals surface area contributed by atoms with E-state index in [0.717, 1.165) is 43.2 Å². The first-order valence-corrected chi connectivity index (χ1v) is 11.7. The number of phenolic OH excluding ortho intramolecular Hbond substituents is 2. The number of hydrogen-bond donors (Lipinski definition) is 2. The maximum Gasteiger partial charge on any atom is 0.123 e. The topological polar surface area (TPSA) is 62.2 Å². The zero-order valence-corrected chi connectivity index (χ0v) is 19.4. The second-order valence-electron chi connectivity index (χ2n) is 8.31. The normalized spacial score (nSPS) is 16.8. The molecule has 0 unspecified atom stereocenters. The van der Waals surface area contributed by atoms with Crippen LogP contribution >= 0.6 is 0 Å². The van der Waals surface area contributed by atoms with Gasteiger partial charge in [-0.05, 0) is 80.7 Å². The molecule has 0 spiro atoms. The number of nitrogens with zero attached hydrogens (tertiary/aromatic N) is 1. The lowest BCUT2D eigenvalue weighted by Gasteiger charge is -2.22. The number of ether oxygens (including phenoxy) is 2. The number of para-hydroxylation sites is 2. The van der Waals surface area contributed by atoms with Crippen LogP contribution in [0.4, 0.5) is 0 Å². The van der Waals surface area contributed by atoms with Crippen molar-refractivity contribution >= 4 is 0 Å². The van der Waals surface area contributed by atoms with Crippen molar-refractivity contribution in [3.8, 4) is 23.0 Å². The van der Waals surface area contributed by atoms with E-state index in [-0.39, 0.29) is 0 Å². The van der Waals surface area contributed by atoms with Crippen molar-refractivity contribution in [1.82, 2.24) is 4.90 Å². The van der Waals surface area contributed by atoms with Gasteiger partial charge in [0, 0.05) is 12.1 Å². The van der Waals surface area contributed by atoms with Gasteiger partial charge in [-0.15, -0.1) is 0 Å². The smallest absolute Gasteiger partial charge is 0.123 e. The molecule has 1 fully saturated rings. The maximum absolute atomic E-state index is 9.25. The molecule has 176 valence electrons. The van der Waals surface area contributed by atoms with Crippen molar-refractivity contribution < 1.29 is 19.7 Å². The Morgan fingerprint density at radius 3 is 2.18 bits per heavy atom. The van der Waals surface area contributed by atoms with Crippen molar-refractivity contribution in [3.63, 3.8) is 0 Å². The summed E-state index contributed by atoms with van der Waals surface area (Å²) >= 11 is 0. The Hall–Kier alpha value is -3.18. The highest BCUT2D eigenvalue weighted by Gasteiger charge is 2.17. The Bertz CT molecular complexity index is 927. The molecule has 0 amide bonds. The van der Waals surface area contributed by atoms with Crippen molar-refractivity contribution in [1.29, 1.82) is 0 Å². The molecule has 1 atom stereocenters. The summed E-state index contributed by atoms with van der Waals surface area (Å²) in [7, 11) is 0. The Kier molecular flexibility index (Phi) is 9.92. The SMILES string of the molecule is C[C@H]1CCOc2ccc(O)cc21.Oc1ccccc1.c1ccc(OCCN2CCCC2)cc1. The fourth-order valence-corrected chi connectivity index (χ4v) is 3.80. The summed E-state index contributed by atoms with van der Waals surface area (Å²) in [6.07, 6.45) is 3.74. The molecule has 33 heavy (non-hydrogen) atoms. The third-order valence-electron chi connectivity index (χ3n) is 5.71. The van der Waals surface area contributed by atoms with Crippen LogP contribution in [-0.2, 0) is 0 Å². The molecule has 2 N–H and O–H groups in total. The molecule has 0 aromatic heterocycles. The molecule has 3 aromatic rings. The first kappa shape index (κ1) is 24.5. The Balaban J connectivity index is 0.000000147. The fraction of sp³-hybridized carbons (Fsp3) is 0.357. The first-order valence-electron chi connectivity index (χ1n) is 11.7. The highest BCUT2D eigenvalue weighted by atomic mass is 16.5. The van der Waals surface area contributed by atoms with Gasteiger partial charge in [0.25, 0.3) is 0 Å². The van der Waals surface area contributed by atoms with E-state index >= 15 is 0 Å². The summed E-state index contributed by atoms with van der Waals surface area (Å²) < 4.78 is 11.1. The van der Waals surface area contributed by atoms with Crippen molar-refractivity contribution in [2.75, 3.05) is 32.8 Å². The summed E-state index contributed by atoms with van der Waals surface area (Å²) in [6, 6.07) is 24.0. The lowest BCUT2D eigenvalue weighted by molar-refractivity contribution is 0.238. The van der Waals surface area contributed by atoms with E-state index in [1.54, 1.807) is 36.4 Å². The summed E-state index contributed by atoms with van der Waals surface area (Å²) in [5.41, 5.74) is 1.13. The molecule has 5 rings (SSSR count). The zero-order chi connectivity index (χ0) is 23.3. The predicted molar refractivity (Wildman–Crippen MR) is 132 cm³/mol. The van der Waals surface area contributed by atoms with Gasteiger partial charge in [-0.1, -0.05) is 43.3 Å². The van der Waals surface area contributed by atoms with Crippen LogP contribution in [0.1, 0.15) is 37.7 Å². The van der Waals surface area contributed by atoms with Crippen LogP contribution in [-0.4, -0.2) is 48.0 Å². The van der Waals surface area contributed by atoms with Gasteiger partial charge in [-0.2, -0.15) is 0 Å². The fourth-order valence-electron chi connectivity index (χ4n) is 3.80. The number of hydrogen-bond acceptors (Lipinski definition) is 5. The minimum atomic E-state index is 0.322. The highest BCUT2D eigenvalue weighted by molar-refractivity contribution is 5.42. The van der Waals surface area contributed by atoms with Crippen LogP contribution in [0.3, 0.4) is 0 Å². The molecule has 2 aliphatic rings. The van der Waals surface area contributed by atoms with Crippen LogP contribution in [0.25, 0.3) is 0 Å². The average molecular weight is 450 g/mol. The predicted octanol–water partition coefficient (Wildman–Crippen LogP) is 5.83. The summed E-state index contributed by atoms with van der Waals surface area (Å²) in [5.74, 6) is 3.05. The van der Waals surface area contributed by atoms with Gasteiger partial charge in [-0.3, -0.25) is 4.90 Å². The monoisotopic (exact) mass is 449 g/mol. The van der Waals surface area contributed by atoms with Gasteiger partial charge in [-0.25, -0.2) is 0 Å². The van der Waals surface area contributed by atoms with E-state index in [1.807, 2.05) is 42.5 Å². The molecule has 0 bridgehead atoms. The third kappa shape index (κ3) is 8.70. The van der Waals surface area contributed by atoms with Crippen LogP contribution in [0.15, 0.2) is 78.9 Å². The minimum Gasteiger partial charge on any atom is -0.508 e. The van der Waals surface area contributed by atoms with Crippen LogP contribution < -0.4 is 9.47 Å². The molecule has 2 heterocycles. The van der Waals surface area contributed by atoms with E-state index in [9.17, 15) is 5.11 Å². The Morgan fingerprint density at radius 2 is 1.55 bits per heavy atom. The van der Waals surface area contributed by atoms with Gasteiger partial charge in [0.1, 0.15) is 29.6 Å². The van der Waals surface area contributed by atoms with Crippen LogP contribution in [0.2, 0.25) is 0 Å².